The Morgan fingerprint density at radius 1 is 1.18 bits per heavy atom. The molecule has 0 saturated carbocycles. The van der Waals surface area contributed by atoms with Crippen molar-refractivity contribution in [3.8, 4) is 12.3 Å². The van der Waals surface area contributed by atoms with Crippen LogP contribution in [0, 0.1) is 12.3 Å². The monoisotopic (exact) mass is 245 g/mol. The predicted molar refractivity (Wildman–Crippen MR) is 79.2 cm³/mol. The lowest BCUT2D eigenvalue weighted by atomic mass is 10.1. The number of terminal acetylenes is 1. The van der Waals surface area contributed by atoms with Crippen LogP contribution >= 0.6 is 0 Å². The lowest BCUT2D eigenvalue weighted by Crippen LogP contribution is -2.38. The van der Waals surface area contributed by atoms with Gasteiger partial charge in [0.1, 0.15) is 0 Å². The molecule has 2 heteroatoms. The Balaban J connectivity index is 2.68. The van der Waals surface area contributed by atoms with Crippen LogP contribution in [0.15, 0.2) is 24.3 Å². The van der Waals surface area contributed by atoms with Gasteiger partial charge >= 0.3 is 0 Å². The summed E-state index contributed by atoms with van der Waals surface area (Å²) in [6.45, 7) is 11.9. The highest BCUT2D eigenvalue weighted by molar-refractivity contribution is 6.88. The maximum Gasteiger partial charge on any atom is 0.0775 e. The summed E-state index contributed by atoms with van der Waals surface area (Å²) in [6.07, 6.45) is 5.44. The van der Waals surface area contributed by atoms with Gasteiger partial charge in [0.05, 0.1) is 13.6 Å². The van der Waals surface area contributed by atoms with E-state index in [1.54, 1.807) is 0 Å². The fourth-order valence-corrected chi connectivity index (χ4v) is 2.66. The lowest BCUT2D eigenvalue weighted by molar-refractivity contribution is 0.491. The number of benzene rings is 1. The van der Waals surface area contributed by atoms with Gasteiger partial charge in [0, 0.05) is 6.54 Å². The van der Waals surface area contributed by atoms with Gasteiger partial charge in [-0.1, -0.05) is 55.0 Å². The summed E-state index contributed by atoms with van der Waals surface area (Å²) in [6, 6.07) is 8.92. The zero-order valence-corrected chi connectivity index (χ0v) is 12.6. The minimum Gasteiger partial charge on any atom is -0.298 e. The predicted octanol–water partition coefficient (Wildman–Crippen LogP) is 2.73. The highest BCUT2D eigenvalue weighted by Gasteiger charge is 2.16. The van der Waals surface area contributed by atoms with Gasteiger partial charge in [0.15, 0.2) is 0 Å². The molecule has 1 nitrogen and oxygen atoms in total. The topological polar surface area (TPSA) is 12.0 Å². The molecule has 0 fully saturated rings. The van der Waals surface area contributed by atoms with Crippen LogP contribution in [0.2, 0.25) is 19.6 Å². The van der Waals surface area contributed by atoms with E-state index in [4.69, 9.17) is 6.42 Å². The fraction of sp³-hybridized carbons (Fsp3) is 0.467. The van der Waals surface area contributed by atoms with E-state index in [-0.39, 0.29) is 5.54 Å². The first kappa shape index (κ1) is 14.0. The van der Waals surface area contributed by atoms with Crippen molar-refractivity contribution in [1.82, 2.24) is 5.32 Å². The number of rotatable bonds is 4. The summed E-state index contributed by atoms with van der Waals surface area (Å²) in [5.74, 6) is 2.74. The standard InChI is InChI=1S/C15H23NSi/c1-7-15(2,3)16-12-13-8-10-14(11-9-13)17(4,5)6/h1,8-11,16H,12H2,2-6H3. The third kappa shape index (κ3) is 4.38. The molecule has 0 radical (unpaired) electrons. The second-order valence-corrected chi connectivity index (χ2v) is 11.1. The Morgan fingerprint density at radius 2 is 1.71 bits per heavy atom. The van der Waals surface area contributed by atoms with Crippen molar-refractivity contribution < 1.29 is 0 Å². The normalized spacial score (nSPS) is 12.2. The molecule has 1 N–H and O–H groups in total. The molecule has 0 aromatic heterocycles. The second kappa shape index (κ2) is 5.08. The summed E-state index contributed by atoms with van der Waals surface area (Å²) in [4.78, 5) is 0. The van der Waals surface area contributed by atoms with Crippen molar-refractivity contribution in [1.29, 1.82) is 0 Å². The molecular weight excluding hydrogens is 222 g/mol. The molecule has 1 rings (SSSR count). The first-order chi connectivity index (χ1) is 7.74. The van der Waals surface area contributed by atoms with Crippen molar-refractivity contribution >= 4 is 13.3 Å². The summed E-state index contributed by atoms with van der Waals surface area (Å²) in [7, 11) is -1.18. The Hall–Kier alpha value is -1.04. The van der Waals surface area contributed by atoms with Crippen LogP contribution in [0.25, 0.3) is 0 Å². The first-order valence-electron chi connectivity index (χ1n) is 6.07. The van der Waals surface area contributed by atoms with Crippen molar-refractivity contribution in [2.45, 2.75) is 45.6 Å². The van der Waals surface area contributed by atoms with Crippen LogP contribution in [0.1, 0.15) is 19.4 Å². The molecule has 0 bridgehead atoms. The Labute approximate surface area is 107 Å². The SMILES string of the molecule is C#CC(C)(C)NCc1ccc([Si](C)(C)C)cc1. The van der Waals surface area contributed by atoms with Crippen LogP contribution in [0.5, 0.6) is 0 Å². The van der Waals surface area contributed by atoms with Gasteiger partial charge in [-0.05, 0) is 19.4 Å². The van der Waals surface area contributed by atoms with Gasteiger partial charge in [-0.25, -0.2) is 0 Å². The van der Waals surface area contributed by atoms with Crippen molar-refractivity contribution in [2.75, 3.05) is 0 Å². The molecule has 0 atom stereocenters. The van der Waals surface area contributed by atoms with E-state index in [9.17, 15) is 0 Å². The molecule has 0 aliphatic heterocycles. The zero-order chi connectivity index (χ0) is 13.1. The van der Waals surface area contributed by atoms with E-state index in [0.717, 1.165) is 6.54 Å². The maximum absolute atomic E-state index is 5.44. The van der Waals surface area contributed by atoms with Gasteiger partial charge in [-0.15, -0.1) is 6.42 Å². The van der Waals surface area contributed by atoms with E-state index >= 15 is 0 Å². The van der Waals surface area contributed by atoms with Crippen LogP contribution < -0.4 is 10.5 Å². The zero-order valence-electron chi connectivity index (χ0n) is 11.6. The summed E-state index contributed by atoms with van der Waals surface area (Å²) < 4.78 is 0. The van der Waals surface area contributed by atoms with E-state index in [1.165, 1.54) is 10.8 Å². The Morgan fingerprint density at radius 3 is 2.12 bits per heavy atom. The molecule has 1 aromatic carbocycles. The first-order valence-corrected chi connectivity index (χ1v) is 9.57. The molecule has 92 valence electrons. The van der Waals surface area contributed by atoms with Crippen molar-refractivity contribution in [3.63, 3.8) is 0 Å². The van der Waals surface area contributed by atoms with Crippen LogP contribution in [-0.2, 0) is 6.54 Å². The van der Waals surface area contributed by atoms with Gasteiger partial charge in [0.2, 0.25) is 0 Å². The van der Waals surface area contributed by atoms with Crippen molar-refractivity contribution in [3.05, 3.63) is 29.8 Å². The molecule has 0 heterocycles. The number of hydrogen-bond donors (Lipinski definition) is 1. The van der Waals surface area contributed by atoms with Gasteiger partial charge < -0.3 is 0 Å². The molecule has 0 amide bonds. The van der Waals surface area contributed by atoms with E-state index in [0.29, 0.717) is 0 Å². The highest BCUT2D eigenvalue weighted by Crippen LogP contribution is 2.06. The largest absolute Gasteiger partial charge is 0.298 e. The Kier molecular flexibility index (Phi) is 4.19. The summed E-state index contributed by atoms with van der Waals surface area (Å²) >= 11 is 0. The molecular formula is C15H23NSi. The minimum absolute atomic E-state index is 0.239. The molecule has 0 aliphatic rings. The van der Waals surface area contributed by atoms with E-state index in [1.807, 2.05) is 13.8 Å². The van der Waals surface area contributed by atoms with Crippen LogP contribution in [0.3, 0.4) is 0 Å². The lowest BCUT2D eigenvalue weighted by Gasteiger charge is -2.20. The fourth-order valence-electron chi connectivity index (χ4n) is 1.50. The van der Waals surface area contributed by atoms with Crippen molar-refractivity contribution in [2.24, 2.45) is 0 Å². The van der Waals surface area contributed by atoms with E-state index < -0.39 is 8.07 Å². The van der Waals surface area contributed by atoms with Gasteiger partial charge in [-0.2, -0.15) is 0 Å². The molecule has 0 spiro atoms. The Bertz CT molecular complexity index is 404. The van der Waals surface area contributed by atoms with Crippen LogP contribution in [0.4, 0.5) is 0 Å². The minimum atomic E-state index is -1.18. The average molecular weight is 245 g/mol. The third-order valence-electron chi connectivity index (χ3n) is 2.92. The molecule has 0 saturated heterocycles. The quantitative estimate of drug-likeness (QED) is 0.635. The van der Waals surface area contributed by atoms with Gasteiger partial charge in [0.25, 0.3) is 0 Å². The summed E-state index contributed by atoms with van der Waals surface area (Å²) in [5, 5.41) is 4.86. The maximum atomic E-state index is 5.44. The highest BCUT2D eigenvalue weighted by atomic mass is 28.3. The number of nitrogens with one attached hydrogen (secondary N) is 1. The smallest absolute Gasteiger partial charge is 0.0775 e. The van der Waals surface area contributed by atoms with E-state index in [2.05, 4.69) is 55.1 Å². The summed E-state index contributed by atoms with van der Waals surface area (Å²) in [5.41, 5.74) is 1.05. The molecule has 17 heavy (non-hydrogen) atoms. The van der Waals surface area contributed by atoms with Gasteiger partial charge in [-0.3, -0.25) is 5.32 Å². The average Bonchev–Trinajstić information content (AvgIpc) is 2.26. The number of hydrogen-bond acceptors (Lipinski definition) is 1. The van der Waals surface area contributed by atoms with Crippen LogP contribution in [-0.4, -0.2) is 13.6 Å². The third-order valence-corrected chi connectivity index (χ3v) is 4.98. The molecule has 0 unspecified atom stereocenters. The molecule has 0 aliphatic carbocycles. The second-order valence-electron chi connectivity index (χ2n) is 6.07. The molecule has 1 aromatic rings.